The fourth-order valence-electron chi connectivity index (χ4n) is 4.54. The molecular formula is C31H52N4. The van der Waals surface area contributed by atoms with Crippen molar-refractivity contribution in [2.24, 2.45) is 0 Å². The lowest BCUT2D eigenvalue weighted by molar-refractivity contribution is 0.631. The second kappa shape index (κ2) is 18.2. The van der Waals surface area contributed by atoms with Gasteiger partial charge in [0.1, 0.15) is 11.6 Å². The van der Waals surface area contributed by atoms with Gasteiger partial charge in [0.15, 0.2) is 0 Å². The molecule has 0 unspecified atom stereocenters. The molecule has 2 heterocycles. The lowest BCUT2D eigenvalue weighted by Gasteiger charge is -2.24. The van der Waals surface area contributed by atoms with Crippen molar-refractivity contribution in [2.75, 3.05) is 36.0 Å². The smallest absolute Gasteiger partial charge is 0.128 e. The molecule has 4 heteroatoms. The van der Waals surface area contributed by atoms with E-state index in [2.05, 4.69) is 74.2 Å². The van der Waals surface area contributed by atoms with E-state index in [1.807, 2.05) is 0 Å². The molecule has 0 radical (unpaired) electrons. The predicted octanol–water partition coefficient (Wildman–Crippen LogP) is 8.44. The minimum atomic E-state index is 0.887. The first-order valence-electron chi connectivity index (χ1n) is 14.6. The van der Waals surface area contributed by atoms with Crippen LogP contribution in [0.15, 0.2) is 36.7 Å². The molecule has 196 valence electrons. The normalized spacial score (nSPS) is 11.1. The third-order valence-electron chi connectivity index (χ3n) is 6.80. The maximum Gasteiger partial charge on any atom is 0.128 e. The minimum absolute atomic E-state index is 0.887. The van der Waals surface area contributed by atoms with E-state index in [1.165, 1.54) is 88.2 Å². The highest BCUT2D eigenvalue weighted by Gasteiger charge is 2.10. The second-order valence-corrected chi connectivity index (χ2v) is 10.0. The highest BCUT2D eigenvalue weighted by atomic mass is 15.2. The summed E-state index contributed by atoms with van der Waals surface area (Å²) in [5.41, 5.74) is 2.52. The molecule has 0 amide bonds. The molecule has 0 spiro atoms. The first-order valence-corrected chi connectivity index (χ1v) is 14.6. The van der Waals surface area contributed by atoms with Crippen molar-refractivity contribution in [2.45, 2.75) is 111 Å². The summed E-state index contributed by atoms with van der Waals surface area (Å²) in [7, 11) is 0. The van der Waals surface area contributed by atoms with Crippen molar-refractivity contribution in [3.8, 4) is 0 Å². The largest absolute Gasteiger partial charge is 0.357 e. The third-order valence-corrected chi connectivity index (χ3v) is 6.80. The molecule has 0 saturated carbocycles. The Morgan fingerprint density at radius 3 is 1.09 bits per heavy atom. The summed E-state index contributed by atoms with van der Waals surface area (Å²) in [5.74, 6) is 2.26. The molecule has 0 N–H and O–H groups in total. The second-order valence-electron chi connectivity index (χ2n) is 10.0. The van der Waals surface area contributed by atoms with Gasteiger partial charge in [0.2, 0.25) is 0 Å². The van der Waals surface area contributed by atoms with Crippen LogP contribution in [0.4, 0.5) is 11.6 Å². The van der Waals surface area contributed by atoms with Crippen molar-refractivity contribution in [1.82, 2.24) is 9.97 Å². The van der Waals surface area contributed by atoms with Crippen LogP contribution < -0.4 is 9.80 Å². The molecule has 0 aromatic carbocycles. The average Bonchev–Trinajstić information content (AvgIpc) is 2.88. The Hall–Kier alpha value is -2.10. The third kappa shape index (κ3) is 11.5. The van der Waals surface area contributed by atoms with Gasteiger partial charge in [0.25, 0.3) is 0 Å². The zero-order chi connectivity index (χ0) is 25.1. The molecule has 0 fully saturated rings. The number of nitrogens with zero attached hydrogens (tertiary/aromatic N) is 4. The molecule has 0 saturated heterocycles. The van der Waals surface area contributed by atoms with Crippen LogP contribution in [0.2, 0.25) is 0 Å². The summed E-state index contributed by atoms with van der Waals surface area (Å²) in [4.78, 5) is 14.7. The van der Waals surface area contributed by atoms with Gasteiger partial charge in [-0.2, -0.15) is 0 Å². The van der Waals surface area contributed by atoms with Crippen LogP contribution in [-0.2, 0) is 6.42 Å². The van der Waals surface area contributed by atoms with Crippen molar-refractivity contribution in [1.29, 1.82) is 0 Å². The van der Waals surface area contributed by atoms with E-state index in [0.717, 1.165) is 44.2 Å². The monoisotopic (exact) mass is 480 g/mol. The number of unbranched alkanes of at least 4 members (excludes halogenated alkanes) is 8. The lowest BCUT2D eigenvalue weighted by Crippen LogP contribution is -2.26. The van der Waals surface area contributed by atoms with E-state index in [-0.39, 0.29) is 0 Å². The van der Waals surface area contributed by atoms with Gasteiger partial charge >= 0.3 is 0 Å². The maximum atomic E-state index is 4.86. The Morgan fingerprint density at radius 2 is 0.829 bits per heavy atom. The van der Waals surface area contributed by atoms with Gasteiger partial charge in [-0.25, -0.2) is 9.97 Å². The lowest BCUT2D eigenvalue weighted by atomic mass is 10.1. The van der Waals surface area contributed by atoms with Gasteiger partial charge in [-0.05, 0) is 48.9 Å². The van der Waals surface area contributed by atoms with E-state index in [0.29, 0.717) is 0 Å². The first kappa shape index (κ1) is 29.1. The van der Waals surface area contributed by atoms with Crippen LogP contribution in [0, 0.1) is 0 Å². The molecule has 0 atom stereocenters. The molecule has 0 aliphatic rings. The number of aromatic nitrogens is 2. The molecule has 0 bridgehead atoms. The number of rotatable bonds is 20. The molecule has 2 aromatic heterocycles. The molecule has 4 nitrogen and oxygen atoms in total. The zero-order valence-electron chi connectivity index (χ0n) is 23.3. The van der Waals surface area contributed by atoms with E-state index in [9.17, 15) is 0 Å². The number of anilines is 2. The Kier molecular flexibility index (Phi) is 15.2. The summed E-state index contributed by atoms with van der Waals surface area (Å²) >= 11 is 0. The average molecular weight is 481 g/mol. The number of pyridine rings is 2. The van der Waals surface area contributed by atoms with E-state index in [1.54, 1.807) is 0 Å². The summed E-state index contributed by atoms with van der Waals surface area (Å²) in [6.07, 6.45) is 20.2. The van der Waals surface area contributed by atoms with Crippen molar-refractivity contribution < 1.29 is 0 Å². The van der Waals surface area contributed by atoms with Gasteiger partial charge in [-0.1, -0.05) is 91.2 Å². The molecule has 0 aliphatic heterocycles. The molecule has 2 rings (SSSR count). The molecule has 0 aliphatic carbocycles. The summed E-state index contributed by atoms with van der Waals surface area (Å²) in [6.45, 7) is 13.5. The fraction of sp³-hybridized carbons (Fsp3) is 0.677. The highest BCUT2D eigenvalue weighted by molar-refractivity contribution is 5.42. The van der Waals surface area contributed by atoms with Crippen molar-refractivity contribution in [3.63, 3.8) is 0 Å². The SMILES string of the molecule is CCCCCN(CCCCC)c1ccc(Cc2ccc(N(CCCCC)CCCCC)nc2)cn1. The van der Waals surface area contributed by atoms with Gasteiger partial charge in [0.05, 0.1) is 0 Å². The van der Waals surface area contributed by atoms with Gasteiger partial charge in [-0.3, -0.25) is 0 Å². The quantitative estimate of drug-likeness (QED) is 0.178. The van der Waals surface area contributed by atoms with Crippen LogP contribution in [0.5, 0.6) is 0 Å². The number of hydrogen-bond acceptors (Lipinski definition) is 4. The van der Waals surface area contributed by atoms with Crippen LogP contribution >= 0.6 is 0 Å². The van der Waals surface area contributed by atoms with Gasteiger partial charge in [-0.15, -0.1) is 0 Å². The summed E-state index contributed by atoms with van der Waals surface area (Å²) in [6, 6.07) is 8.95. The Balaban J connectivity index is 1.98. The Bertz CT molecular complexity index is 671. The van der Waals surface area contributed by atoms with Crippen LogP contribution in [0.3, 0.4) is 0 Å². The van der Waals surface area contributed by atoms with E-state index in [4.69, 9.17) is 9.97 Å². The van der Waals surface area contributed by atoms with Crippen LogP contribution in [0.1, 0.15) is 116 Å². The van der Waals surface area contributed by atoms with E-state index < -0.39 is 0 Å². The van der Waals surface area contributed by atoms with Gasteiger partial charge < -0.3 is 9.80 Å². The van der Waals surface area contributed by atoms with Crippen molar-refractivity contribution >= 4 is 11.6 Å². The minimum Gasteiger partial charge on any atom is -0.357 e. The Labute approximate surface area is 216 Å². The first-order chi connectivity index (χ1) is 17.2. The molecule has 2 aromatic rings. The van der Waals surface area contributed by atoms with Crippen molar-refractivity contribution in [3.05, 3.63) is 47.8 Å². The fourth-order valence-corrected chi connectivity index (χ4v) is 4.54. The Morgan fingerprint density at radius 1 is 0.486 bits per heavy atom. The standard InChI is InChI=1S/C31H52N4/c1-5-9-13-21-34(22-14-10-6-2)30-19-17-28(26-32-30)25-29-18-20-31(33-27-29)35(23-15-11-7-3)24-16-12-8-4/h17-20,26-27H,5-16,21-25H2,1-4H3. The van der Waals surface area contributed by atoms with Crippen LogP contribution in [0.25, 0.3) is 0 Å². The number of hydrogen-bond donors (Lipinski definition) is 0. The highest BCUT2D eigenvalue weighted by Crippen LogP contribution is 2.19. The molecular weight excluding hydrogens is 428 g/mol. The summed E-state index contributed by atoms with van der Waals surface area (Å²) < 4.78 is 0. The topological polar surface area (TPSA) is 32.3 Å². The zero-order valence-corrected chi connectivity index (χ0v) is 23.3. The molecule has 35 heavy (non-hydrogen) atoms. The summed E-state index contributed by atoms with van der Waals surface area (Å²) in [5, 5.41) is 0. The van der Waals surface area contributed by atoms with E-state index >= 15 is 0 Å². The maximum absolute atomic E-state index is 4.86. The predicted molar refractivity (Wildman–Crippen MR) is 154 cm³/mol. The van der Waals surface area contributed by atoms with Gasteiger partial charge in [0, 0.05) is 45.0 Å². The van der Waals surface area contributed by atoms with Crippen LogP contribution in [-0.4, -0.2) is 36.1 Å².